The molecule has 9 heteroatoms. The second-order valence-electron chi connectivity index (χ2n) is 14.2. The second-order valence-corrected chi connectivity index (χ2v) is 14.2. The van der Waals surface area contributed by atoms with Crippen LogP contribution in [0, 0.1) is 44.9 Å². The van der Waals surface area contributed by atoms with Gasteiger partial charge in [0.25, 0.3) is 0 Å². The lowest BCUT2D eigenvalue weighted by Gasteiger charge is -2.48. The Morgan fingerprint density at radius 2 is 1.08 bits per heavy atom. The molecule has 0 bridgehead atoms. The maximum absolute atomic E-state index is 12.3. The van der Waals surface area contributed by atoms with E-state index in [0.717, 1.165) is 11.1 Å². The number of aromatic hydroxyl groups is 2. The van der Waals surface area contributed by atoms with Gasteiger partial charge >= 0.3 is 0 Å². The van der Waals surface area contributed by atoms with Gasteiger partial charge in [0.1, 0.15) is 28.8 Å². The maximum atomic E-state index is 12.3. The largest absolute Gasteiger partial charge is 0.508 e. The van der Waals surface area contributed by atoms with Crippen molar-refractivity contribution < 1.29 is 46.0 Å². The van der Waals surface area contributed by atoms with E-state index in [2.05, 4.69) is 0 Å². The van der Waals surface area contributed by atoms with Gasteiger partial charge in [-0.1, -0.05) is 37.3 Å². The molecule has 0 saturated heterocycles. The van der Waals surface area contributed by atoms with Crippen LogP contribution in [0.5, 0.6) is 11.5 Å². The zero-order valence-corrected chi connectivity index (χ0v) is 28.0. The Kier molecular flexibility index (Phi) is 9.01. The molecule has 3 aliphatic rings. The molecule has 0 heterocycles. The Morgan fingerprint density at radius 1 is 0.646 bits per heavy atom. The first kappa shape index (κ1) is 34.7. The molecular formula is C39H46O9. The van der Waals surface area contributed by atoms with E-state index in [1.165, 1.54) is 24.3 Å². The van der Waals surface area contributed by atoms with Crippen molar-refractivity contribution in [2.75, 3.05) is 0 Å². The number of allylic oxidation sites excluding steroid dienone is 5. The van der Waals surface area contributed by atoms with Crippen molar-refractivity contribution in [2.45, 2.75) is 77.9 Å². The number of phenols is 2. The third kappa shape index (κ3) is 6.44. The minimum absolute atomic E-state index is 0.0774. The van der Waals surface area contributed by atoms with E-state index in [1.807, 2.05) is 25.1 Å². The summed E-state index contributed by atoms with van der Waals surface area (Å²) in [4.78, 5) is 0. The SMILES string of the molecule is Cc1cc(CC(C2=CC(C)(C(Cc3cc(C)c(O)c(C)c3)C3(O)C=CC(O)=C(O)C3)CC=C2O)C2(O)C=CC(O)=C(O)C2)cc(C)c1O. The highest BCUT2D eigenvalue weighted by molar-refractivity contribution is 5.47. The van der Waals surface area contributed by atoms with Crippen LogP contribution >= 0.6 is 0 Å². The fourth-order valence-electron chi connectivity index (χ4n) is 7.73. The van der Waals surface area contributed by atoms with Crippen LogP contribution in [0.15, 0.2) is 95.1 Å². The number of rotatable bonds is 8. The molecule has 0 radical (unpaired) electrons. The molecule has 5 rings (SSSR count). The monoisotopic (exact) mass is 658 g/mol. The highest BCUT2D eigenvalue weighted by atomic mass is 16.3. The lowest BCUT2D eigenvalue weighted by molar-refractivity contribution is -0.0298. The van der Waals surface area contributed by atoms with Crippen molar-refractivity contribution in [1.82, 2.24) is 0 Å². The molecule has 2 aromatic rings. The van der Waals surface area contributed by atoms with E-state index in [1.54, 1.807) is 45.9 Å². The molecule has 2 aromatic carbocycles. The Labute approximate surface area is 280 Å². The van der Waals surface area contributed by atoms with Gasteiger partial charge in [0.05, 0.1) is 11.2 Å². The molecule has 0 saturated carbocycles. The fraction of sp³-hybridized carbons (Fsp3) is 0.385. The van der Waals surface area contributed by atoms with Gasteiger partial charge < -0.3 is 46.0 Å². The summed E-state index contributed by atoms with van der Waals surface area (Å²) in [6.07, 6.45) is 9.05. The zero-order chi connectivity index (χ0) is 35.3. The predicted octanol–water partition coefficient (Wildman–Crippen LogP) is 7.16. The highest BCUT2D eigenvalue weighted by Crippen LogP contribution is 2.51. The van der Waals surface area contributed by atoms with Gasteiger partial charge in [-0.15, -0.1) is 0 Å². The average Bonchev–Trinajstić information content (AvgIpc) is 3.01. The Hall–Kier alpha value is -4.60. The predicted molar refractivity (Wildman–Crippen MR) is 183 cm³/mol. The first-order valence-corrected chi connectivity index (χ1v) is 16.1. The van der Waals surface area contributed by atoms with Gasteiger partial charge in [-0.2, -0.15) is 0 Å². The van der Waals surface area contributed by atoms with Crippen LogP contribution in [-0.2, 0) is 12.8 Å². The van der Waals surface area contributed by atoms with Crippen molar-refractivity contribution in [1.29, 1.82) is 0 Å². The van der Waals surface area contributed by atoms with Crippen LogP contribution in [0.2, 0.25) is 0 Å². The van der Waals surface area contributed by atoms with Gasteiger partial charge in [0.2, 0.25) is 0 Å². The summed E-state index contributed by atoms with van der Waals surface area (Å²) in [6.45, 7) is 9.06. The topological polar surface area (TPSA) is 182 Å². The van der Waals surface area contributed by atoms with Crippen LogP contribution in [0.1, 0.15) is 59.6 Å². The number of aliphatic hydroxyl groups is 7. The summed E-state index contributed by atoms with van der Waals surface area (Å²) in [5.41, 5.74) is 0.246. The summed E-state index contributed by atoms with van der Waals surface area (Å²) in [7, 11) is 0. The Bertz CT molecular complexity index is 1780. The van der Waals surface area contributed by atoms with Gasteiger partial charge in [-0.3, -0.25) is 0 Å². The number of aryl methyl sites for hydroxylation is 4. The number of hydrogen-bond acceptors (Lipinski definition) is 9. The smallest absolute Gasteiger partial charge is 0.152 e. The molecule has 3 aliphatic carbocycles. The van der Waals surface area contributed by atoms with Crippen LogP contribution in [0.25, 0.3) is 0 Å². The van der Waals surface area contributed by atoms with E-state index in [0.29, 0.717) is 27.8 Å². The van der Waals surface area contributed by atoms with E-state index < -0.39 is 34.2 Å². The molecule has 48 heavy (non-hydrogen) atoms. The summed E-state index contributed by atoms with van der Waals surface area (Å²) >= 11 is 0. The Balaban J connectivity index is 1.67. The molecule has 9 N–H and O–H groups in total. The van der Waals surface area contributed by atoms with Gasteiger partial charge in [0.15, 0.2) is 11.5 Å². The number of phenolic OH excluding ortho intramolecular Hbond substituents is 2. The third-order valence-corrected chi connectivity index (χ3v) is 10.4. The van der Waals surface area contributed by atoms with Crippen molar-refractivity contribution in [3.63, 3.8) is 0 Å². The first-order valence-electron chi connectivity index (χ1n) is 16.1. The van der Waals surface area contributed by atoms with Gasteiger partial charge in [0, 0.05) is 24.7 Å². The van der Waals surface area contributed by atoms with Crippen LogP contribution in [-0.4, -0.2) is 57.2 Å². The Morgan fingerprint density at radius 3 is 1.56 bits per heavy atom. The van der Waals surface area contributed by atoms with Gasteiger partial charge in [-0.25, -0.2) is 0 Å². The minimum Gasteiger partial charge on any atom is -0.508 e. The number of aliphatic hydroxyl groups excluding tert-OH is 5. The lowest BCUT2D eigenvalue weighted by atomic mass is 9.59. The molecular weight excluding hydrogens is 612 g/mol. The molecule has 0 aromatic heterocycles. The number of benzene rings is 2. The summed E-state index contributed by atoms with van der Waals surface area (Å²) < 4.78 is 0. The molecule has 5 atom stereocenters. The van der Waals surface area contributed by atoms with Crippen molar-refractivity contribution in [2.24, 2.45) is 17.3 Å². The number of hydrogen-bond donors (Lipinski definition) is 9. The summed E-state index contributed by atoms with van der Waals surface area (Å²) in [5.74, 6) is -2.72. The van der Waals surface area contributed by atoms with Crippen LogP contribution < -0.4 is 0 Å². The summed E-state index contributed by atoms with van der Waals surface area (Å²) in [5, 5.41) is 98.3. The lowest BCUT2D eigenvalue weighted by Crippen LogP contribution is -2.48. The maximum Gasteiger partial charge on any atom is 0.152 e. The minimum atomic E-state index is -1.75. The van der Waals surface area contributed by atoms with E-state index in [9.17, 15) is 46.0 Å². The van der Waals surface area contributed by atoms with Crippen molar-refractivity contribution in [3.8, 4) is 11.5 Å². The van der Waals surface area contributed by atoms with Crippen molar-refractivity contribution >= 4 is 0 Å². The highest BCUT2D eigenvalue weighted by Gasteiger charge is 2.50. The zero-order valence-electron chi connectivity index (χ0n) is 28.0. The fourth-order valence-corrected chi connectivity index (χ4v) is 7.73. The third-order valence-electron chi connectivity index (χ3n) is 10.4. The van der Waals surface area contributed by atoms with E-state index in [4.69, 9.17) is 0 Å². The molecule has 0 aliphatic heterocycles. The molecule has 0 spiro atoms. The molecule has 256 valence electrons. The molecule has 0 fully saturated rings. The average molecular weight is 659 g/mol. The normalized spacial score (nSPS) is 27.1. The second kappa shape index (κ2) is 12.5. The first-order chi connectivity index (χ1) is 22.4. The van der Waals surface area contributed by atoms with Crippen LogP contribution in [0.4, 0.5) is 0 Å². The standard InChI is InChI=1S/C39H46O9/c1-21-12-25(13-22(2)35(21)45)16-28(38(47)10-7-30(41)32(43)19-38)27-18-37(5,9-6-29(27)40)34(39(48)11-8-31(42)33(44)20-39)17-26-14-23(3)36(46)24(4)15-26/h6-8,10-15,18,28,34,40-48H,9,16-17,19-20H2,1-5H3. The van der Waals surface area contributed by atoms with Crippen molar-refractivity contribution in [3.05, 3.63) is 128 Å². The van der Waals surface area contributed by atoms with E-state index in [-0.39, 0.29) is 66.6 Å². The molecule has 0 amide bonds. The molecule has 5 unspecified atom stereocenters. The van der Waals surface area contributed by atoms with Crippen LogP contribution in [0.3, 0.4) is 0 Å². The molecule has 9 nitrogen and oxygen atoms in total. The quantitative estimate of drug-likeness (QED) is 0.142. The van der Waals surface area contributed by atoms with Gasteiger partial charge in [-0.05, 0) is 122 Å². The summed E-state index contributed by atoms with van der Waals surface area (Å²) in [6, 6.07) is 7.30. The van der Waals surface area contributed by atoms with E-state index >= 15 is 0 Å².